The lowest BCUT2D eigenvalue weighted by molar-refractivity contribution is -0.144. The molecule has 0 saturated carbocycles. The van der Waals surface area contributed by atoms with Gasteiger partial charge in [0.2, 0.25) is 0 Å². The molecule has 27 heavy (non-hydrogen) atoms. The predicted molar refractivity (Wildman–Crippen MR) is 83.0 cm³/mol. The molecule has 0 bridgehead atoms. The molecule has 2 rings (SSSR count). The van der Waals surface area contributed by atoms with Crippen LogP contribution in [0.25, 0.3) is 5.69 Å². The summed E-state index contributed by atoms with van der Waals surface area (Å²) in [7, 11) is -4.72. The fraction of sp³-hybridized carbons (Fsp3) is 0.231. The van der Waals surface area contributed by atoms with Gasteiger partial charge in [-0.1, -0.05) is 23.2 Å². The van der Waals surface area contributed by atoms with Crippen molar-refractivity contribution in [2.45, 2.75) is 17.2 Å². The van der Waals surface area contributed by atoms with Crippen molar-refractivity contribution in [3.8, 4) is 5.69 Å². The van der Waals surface area contributed by atoms with Crippen molar-refractivity contribution >= 4 is 33.0 Å². The Morgan fingerprint density at radius 2 is 1.48 bits per heavy atom. The fourth-order valence-corrected chi connectivity index (χ4v) is 3.70. The Kier molecular flexibility index (Phi) is 5.32. The van der Waals surface area contributed by atoms with Gasteiger partial charge in [0.25, 0.3) is 5.56 Å². The quantitative estimate of drug-likeness (QED) is 0.643. The van der Waals surface area contributed by atoms with E-state index in [-0.39, 0.29) is 10.9 Å². The Morgan fingerprint density at radius 1 is 1.00 bits per heavy atom. The van der Waals surface area contributed by atoms with E-state index in [9.17, 15) is 39.6 Å². The minimum Gasteiger partial charge on any atom is -0.267 e. The Morgan fingerprint density at radius 3 is 1.85 bits per heavy atom. The first kappa shape index (κ1) is 21.5. The van der Waals surface area contributed by atoms with E-state index in [2.05, 4.69) is 4.98 Å². The van der Waals surface area contributed by atoms with Crippen molar-refractivity contribution in [3.63, 3.8) is 0 Å². The van der Waals surface area contributed by atoms with Gasteiger partial charge < -0.3 is 0 Å². The lowest BCUT2D eigenvalue weighted by atomic mass is 10.2. The largest absolute Gasteiger partial charge is 0.434 e. The topological polar surface area (TPSA) is 69.0 Å². The van der Waals surface area contributed by atoms with Gasteiger partial charge in [-0.2, -0.15) is 26.3 Å². The number of benzene rings is 1. The number of nitrogens with zero attached hydrogens (tertiary/aromatic N) is 2. The van der Waals surface area contributed by atoms with Crippen LogP contribution in [-0.4, -0.2) is 24.2 Å². The lowest BCUT2D eigenvalue weighted by Crippen LogP contribution is -2.30. The number of aromatic nitrogens is 2. The summed E-state index contributed by atoms with van der Waals surface area (Å²) in [5.74, 6) is 0. The highest BCUT2D eigenvalue weighted by atomic mass is 35.5. The molecule has 0 fully saturated rings. The molecule has 0 aliphatic heterocycles. The first-order valence-corrected chi connectivity index (χ1v) is 9.15. The molecule has 5 nitrogen and oxygen atoms in total. The zero-order valence-electron chi connectivity index (χ0n) is 12.8. The van der Waals surface area contributed by atoms with Crippen molar-refractivity contribution in [3.05, 3.63) is 50.1 Å². The summed E-state index contributed by atoms with van der Waals surface area (Å²) < 4.78 is 101. The number of halogens is 8. The average Bonchev–Trinajstić information content (AvgIpc) is 2.44. The molecule has 0 spiro atoms. The number of rotatable bonds is 2. The Bertz CT molecular complexity index is 1050. The second-order valence-electron chi connectivity index (χ2n) is 5.15. The van der Waals surface area contributed by atoms with Gasteiger partial charge >= 0.3 is 12.4 Å². The zero-order chi connectivity index (χ0) is 20.9. The van der Waals surface area contributed by atoms with E-state index in [0.29, 0.717) is 18.4 Å². The van der Waals surface area contributed by atoms with Crippen LogP contribution in [0, 0.1) is 0 Å². The van der Waals surface area contributed by atoms with E-state index in [1.807, 2.05) is 0 Å². The number of hydrogen-bond acceptors (Lipinski definition) is 4. The van der Waals surface area contributed by atoms with E-state index < -0.39 is 59.6 Å². The van der Waals surface area contributed by atoms with E-state index >= 15 is 0 Å². The van der Waals surface area contributed by atoms with Crippen LogP contribution >= 0.6 is 23.2 Å². The molecule has 0 amide bonds. The molecule has 0 aliphatic carbocycles. The molecule has 0 atom stereocenters. The van der Waals surface area contributed by atoms with Crippen molar-refractivity contribution < 1.29 is 34.8 Å². The molecule has 148 valence electrons. The Hall–Kier alpha value is -1.79. The van der Waals surface area contributed by atoms with Crippen LogP contribution in [0.15, 0.2) is 28.2 Å². The number of sulfone groups is 1. The molecular weight excluding hydrogens is 449 g/mol. The third kappa shape index (κ3) is 4.22. The molecule has 0 unspecified atom stereocenters. The normalized spacial score (nSPS) is 13.1. The number of hydrogen-bond donors (Lipinski definition) is 0. The van der Waals surface area contributed by atoms with E-state index in [0.717, 1.165) is 0 Å². The second-order valence-corrected chi connectivity index (χ2v) is 7.92. The van der Waals surface area contributed by atoms with Gasteiger partial charge in [0, 0.05) is 6.26 Å². The first-order valence-electron chi connectivity index (χ1n) is 6.50. The SMILES string of the molecule is CS(=O)(=O)c1c(C(F)(F)F)ncn(-c2c(Cl)cc(C(F)(F)F)cc2Cl)c1=O. The summed E-state index contributed by atoms with van der Waals surface area (Å²) in [5.41, 5.74) is -5.62. The minimum absolute atomic E-state index is 0.233. The van der Waals surface area contributed by atoms with Gasteiger partial charge in [-0.25, -0.2) is 13.4 Å². The third-order valence-corrected chi connectivity index (χ3v) is 4.84. The maximum Gasteiger partial charge on any atom is 0.434 e. The standard InChI is InChI=1S/C13H6Cl2F6N2O3S/c1-27(25,26)9-10(13(19,20)21)22-4-23(11(9)24)8-6(14)2-5(3-7(8)15)12(16,17)18/h2-4H,1H3. The minimum atomic E-state index is -5.27. The van der Waals surface area contributed by atoms with E-state index in [4.69, 9.17) is 23.2 Å². The van der Waals surface area contributed by atoms with Gasteiger partial charge in [-0.05, 0) is 12.1 Å². The summed E-state index contributed by atoms with van der Waals surface area (Å²) in [6.45, 7) is 0. The molecule has 0 aliphatic rings. The summed E-state index contributed by atoms with van der Waals surface area (Å²) in [4.78, 5) is 13.6. The highest BCUT2D eigenvalue weighted by molar-refractivity contribution is 7.90. The highest BCUT2D eigenvalue weighted by Crippen LogP contribution is 2.37. The van der Waals surface area contributed by atoms with E-state index in [1.54, 1.807) is 0 Å². The molecule has 1 heterocycles. The summed E-state index contributed by atoms with van der Waals surface area (Å²) in [6.07, 6.45) is -9.49. The summed E-state index contributed by atoms with van der Waals surface area (Å²) in [5, 5.41) is -1.50. The van der Waals surface area contributed by atoms with Crippen molar-refractivity contribution in [1.29, 1.82) is 0 Å². The first-order chi connectivity index (χ1) is 12.0. The second kappa shape index (κ2) is 6.67. The van der Waals surface area contributed by atoms with Crippen LogP contribution < -0.4 is 5.56 Å². The van der Waals surface area contributed by atoms with Crippen LogP contribution in [0.5, 0.6) is 0 Å². The summed E-state index contributed by atoms with van der Waals surface area (Å²) in [6, 6.07) is 0.764. The molecule has 14 heteroatoms. The molecule has 1 aromatic carbocycles. The molecule has 1 aromatic heterocycles. The van der Waals surface area contributed by atoms with Crippen molar-refractivity contribution in [2.75, 3.05) is 6.26 Å². The van der Waals surface area contributed by atoms with Gasteiger partial charge in [0.05, 0.1) is 21.3 Å². The van der Waals surface area contributed by atoms with Crippen LogP contribution in [0.1, 0.15) is 11.3 Å². The third-order valence-electron chi connectivity index (χ3n) is 3.15. The van der Waals surface area contributed by atoms with Crippen molar-refractivity contribution in [2.24, 2.45) is 0 Å². The zero-order valence-corrected chi connectivity index (χ0v) is 15.1. The molecule has 0 radical (unpaired) electrons. The average molecular weight is 455 g/mol. The van der Waals surface area contributed by atoms with Crippen LogP contribution in [-0.2, 0) is 22.2 Å². The molecule has 0 N–H and O–H groups in total. The lowest BCUT2D eigenvalue weighted by Gasteiger charge is -2.16. The fourth-order valence-electron chi connectivity index (χ4n) is 2.09. The maximum absolute atomic E-state index is 13.0. The molecular formula is C13H6Cl2F6N2O3S. The van der Waals surface area contributed by atoms with Gasteiger partial charge in [0.1, 0.15) is 6.33 Å². The van der Waals surface area contributed by atoms with Gasteiger partial charge in [-0.15, -0.1) is 0 Å². The monoisotopic (exact) mass is 454 g/mol. The van der Waals surface area contributed by atoms with Crippen LogP contribution in [0.3, 0.4) is 0 Å². The molecule has 2 aromatic rings. The Balaban J connectivity index is 2.89. The van der Waals surface area contributed by atoms with Gasteiger partial charge in [0.15, 0.2) is 20.4 Å². The molecule has 0 saturated heterocycles. The van der Waals surface area contributed by atoms with Crippen molar-refractivity contribution in [1.82, 2.24) is 9.55 Å². The highest BCUT2D eigenvalue weighted by Gasteiger charge is 2.41. The van der Waals surface area contributed by atoms with E-state index in [1.165, 1.54) is 0 Å². The van der Waals surface area contributed by atoms with Gasteiger partial charge in [-0.3, -0.25) is 9.36 Å². The predicted octanol–water partition coefficient (Wildman–Crippen LogP) is 3.98. The summed E-state index contributed by atoms with van der Waals surface area (Å²) >= 11 is 11.4. The van der Waals surface area contributed by atoms with Crippen LogP contribution in [0.2, 0.25) is 10.0 Å². The maximum atomic E-state index is 13.0. The number of alkyl halides is 6. The smallest absolute Gasteiger partial charge is 0.267 e. The van der Waals surface area contributed by atoms with Crippen LogP contribution in [0.4, 0.5) is 26.3 Å². The Labute approximate surface area is 157 Å².